The Labute approximate surface area is 159 Å². The first-order valence-electron chi connectivity index (χ1n) is 8.48. The van der Waals surface area contributed by atoms with Crippen LogP contribution in [-0.4, -0.2) is 28.0 Å². The van der Waals surface area contributed by atoms with Gasteiger partial charge in [0.25, 0.3) is 0 Å². The topological polar surface area (TPSA) is 82.6 Å². The van der Waals surface area contributed by atoms with Crippen molar-refractivity contribution >= 4 is 27.3 Å². The number of aryl methyl sites for hydroxylation is 1. The summed E-state index contributed by atoms with van der Waals surface area (Å²) >= 11 is 1.77. The zero-order chi connectivity index (χ0) is 19.0. The molecule has 0 spiro atoms. The molecule has 2 aromatic rings. The third-order valence-electron chi connectivity index (χ3n) is 3.68. The van der Waals surface area contributed by atoms with Crippen LogP contribution >= 0.6 is 11.3 Å². The predicted octanol–water partition coefficient (Wildman–Crippen LogP) is 2.36. The van der Waals surface area contributed by atoms with Gasteiger partial charge in [0.1, 0.15) is 0 Å². The molecule has 142 valence electrons. The minimum Gasteiger partial charge on any atom is -0.357 e. The normalized spacial score (nSPS) is 12.2. The monoisotopic (exact) mass is 394 g/mol. The van der Waals surface area contributed by atoms with Gasteiger partial charge in [0, 0.05) is 16.3 Å². The number of nitrogens with zero attached hydrogens (tertiary/aromatic N) is 1. The molecule has 3 N–H and O–H groups in total. The minimum absolute atomic E-state index is 0.0164. The molecule has 1 heterocycles. The summed E-state index contributed by atoms with van der Waals surface area (Å²) in [5, 5.41) is 6.57. The molecule has 0 amide bonds. The highest BCUT2D eigenvalue weighted by Crippen LogP contribution is 2.14. The second-order valence-electron chi connectivity index (χ2n) is 5.84. The predicted molar refractivity (Wildman–Crippen MR) is 109 cm³/mol. The number of thiophene rings is 1. The highest BCUT2D eigenvalue weighted by molar-refractivity contribution is 7.88. The summed E-state index contributed by atoms with van der Waals surface area (Å²) in [5.41, 5.74) is 1.78. The van der Waals surface area contributed by atoms with Crippen LogP contribution in [-0.2, 0) is 28.9 Å². The Morgan fingerprint density at radius 3 is 2.35 bits per heavy atom. The first-order valence-corrected chi connectivity index (χ1v) is 10.9. The van der Waals surface area contributed by atoms with Gasteiger partial charge in [0.15, 0.2) is 5.96 Å². The molecule has 6 nitrogen and oxygen atoms in total. The van der Waals surface area contributed by atoms with Crippen molar-refractivity contribution < 1.29 is 8.42 Å². The van der Waals surface area contributed by atoms with E-state index in [0.29, 0.717) is 6.54 Å². The maximum absolute atomic E-state index is 11.6. The number of hydrogen-bond donors (Lipinski definition) is 3. The summed E-state index contributed by atoms with van der Waals surface area (Å²) in [6.07, 6.45) is 0. The minimum atomic E-state index is -3.25. The average Bonchev–Trinajstić information content (AvgIpc) is 3.04. The van der Waals surface area contributed by atoms with E-state index in [1.54, 1.807) is 11.3 Å². The van der Waals surface area contributed by atoms with E-state index < -0.39 is 10.0 Å². The van der Waals surface area contributed by atoms with Gasteiger partial charge in [-0.1, -0.05) is 24.3 Å². The first-order chi connectivity index (χ1) is 12.4. The molecule has 0 fully saturated rings. The van der Waals surface area contributed by atoms with Gasteiger partial charge < -0.3 is 10.6 Å². The molecule has 0 bridgehead atoms. The van der Waals surface area contributed by atoms with Crippen molar-refractivity contribution in [3.05, 3.63) is 57.3 Å². The molecule has 0 saturated carbocycles. The van der Waals surface area contributed by atoms with E-state index in [1.165, 1.54) is 16.8 Å². The van der Waals surface area contributed by atoms with Crippen molar-refractivity contribution in [3.8, 4) is 0 Å². The highest BCUT2D eigenvalue weighted by Gasteiger charge is 2.08. The number of aliphatic imine (C=N–C) groups is 1. The molecule has 26 heavy (non-hydrogen) atoms. The van der Waals surface area contributed by atoms with Crippen LogP contribution in [0, 0.1) is 6.92 Å². The summed E-state index contributed by atoms with van der Waals surface area (Å²) in [4.78, 5) is 7.16. The molecule has 0 aliphatic heterocycles. The lowest BCUT2D eigenvalue weighted by molar-refractivity contribution is 0.587. The second kappa shape index (κ2) is 9.70. The quantitative estimate of drug-likeness (QED) is 0.474. The Bertz CT molecular complexity index is 827. The number of sulfonamides is 1. The van der Waals surface area contributed by atoms with Gasteiger partial charge >= 0.3 is 0 Å². The third-order valence-corrected chi connectivity index (χ3v) is 6.02. The Kier molecular flexibility index (Phi) is 7.62. The lowest BCUT2D eigenvalue weighted by atomic mass is 10.1. The van der Waals surface area contributed by atoms with Gasteiger partial charge in [-0.05, 0) is 44.2 Å². The number of nitrogens with one attached hydrogen (secondary N) is 3. The summed E-state index contributed by atoms with van der Waals surface area (Å²) in [6, 6.07) is 11.7. The van der Waals surface area contributed by atoms with Gasteiger partial charge in [-0.15, -0.1) is 11.3 Å². The third kappa shape index (κ3) is 6.78. The van der Waals surface area contributed by atoms with Crippen LogP contribution in [0.5, 0.6) is 0 Å². The largest absolute Gasteiger partial charge is 0.357 e. The Hall–Kier alpha value is -1.90. The number of guanidine groups is 1. The molecule has 0 atom stereocenters. The van der Waals surface area contributed by atoms with Gasteiger partial charge in [-0.3, -0.25) is 0 Å². The molecular weight excluding hydrogens is 368 g/mol. The second-order valence-corrected chi connectivity index (χ2v) is 9.14. The molecule has 0 saturated heterocycles. The number of benzene rings is 1. The van der Waals surface area contributed by atoms with Crippen LogP contribution in [0.3, 0.4) is 0 Å². The lowest BCUT2D eigenvalue weighted by Gasteiger charge is -2.10. The Morgan fingerprint density at radius 1 is 1.08 bits per heavy atom. The fraction of sp³-hybridized carbons (Fsp3) is 0.389. The molecule has 0 unspecified atom stereocenters. The zero-order valence-corrected chi connectivity index (χ0v) is 17.0. The molecule has 8 heteroatoms. The van der Waals surface area contributed by atoms with Crippen molar-refractivity contribution in [3.63, 3.8) is 0 Å². The summed E-state index contributed by atoms with van der Waals surface area (Å²) in [6.45, 7) is 6.18. The Balaban J connectivity index is 1.95. The number of hydrogen-bond acceptors (Lipinski definition) is 4. The molecule has 2 rings (SSSR count). The van der Waals surface area contributed by atoms with Crippen LogP contribution in [0.15, 0.2) is 41.4 Å². The SMILES string of the molecule is CCNC(=NCc1ccc(CS(=O)(=O)NC)cc1)NCc1ccc(C)s1. The molecule has 0 aliphatic rings. The van der Waals surface area contributed by atoms with Crippen LogP contribution in [0.4, 0.5) is 0 Å². The zero-order valence-electron chi connectivity index (χ0n) is 15.4. The van der Waals surface area contributed by atoms with Crippen LogP contribution < -0.4 is 15.4 Å². The van der Waals surface area contributed by atoms with E-state index in [9.17, 15) is 8.42 Å². The fourth-order valence-corrected chi connectivity index (χ4v) is 3.90. The van der Waals surface area contributed by atoms with Crippen molar-refractivity contribution in [1.82, 2.24) is 15.4 Å². The van der Waals surface area contributed by atoms with E-state index in [4.69, 9.17) is 0 Å². The smallest absolute Gasteiger partial charge is 0.215 e. The molecule has 0 aliphatic carbocycles. The summed E-state index contributed by atoms with van der Waals surface area (Å²) < 4.78 is 25.5. The van der Waals surface area contributed by atoms with E-state index in [0.717, 1.165) is 30.2 Å². The number of rotatable bonds is 8. The van der Waals surface area contributed by atoms with Crippen LogP contribution in [0.25, 0.3) is 0 Å². The van der Waals surface area contributed by atoms with Crippen molar-refractivity contribution in [1.29, 1.82) is 0 Å². The van der Waals surface area contributed by atoms with E-state index in [2.05, 4.69) is 39.4 Å². The first kappa shape index (κ1) is 20.4. The van der Waals surface area contributed by atoms with Crippen molar-refractivity contribution in [2.45, 2.75) is 32.7 Å². The fourth-order valence-electron chi connectivity index (χ4n) is 2.30. The average molecular weight is 395 g/mol. The maximum Gasteiger partial charge on any atom is 0.215 e. The lowest BCUT2D eigenvalue weighted by Crippen LogP contribution is -2.36. The van der Waals surface area contributed by atoms with Gasteiger partial charge in [-0.25, -0.2) is 18.1 Å². The highest BCUT2D eigenvalue weighted by atomic mass is 32.2. The van der Waals surface area contributed by atoms with E-state index in [1.807, 2.05) is 31.2 Å². The van der Waals surface area contributed by atoms with E-state index in [-0.39, 0.29) is 5.75 Å². The Morgan fingerprint density at radius 2 is 1.77 bits per heavy atom. The molecular formula is C18H26N4O2S2. The molecule has 1 aromatic heterocycles. The van der Waals surface area contributed by atoms with Crippen LogP contribution in [0.2, 0.25) is 0 Å². The molecule has 0 radical (unpaired) electrons. The molecule has 1 aromatic carbocycles. The summed E-state index contributed by atoms with van der Waals surface area (Å²) in [5.74, 6) is 0.748. The van der Waals surface area contributed by atoms with Gasteiger partial charge in [0.05, 0.1) is 18.8 Å². The van der Waals surface area contributed by atoms with Crippen LogP contribution in [0.1, 0.15) is 27.8 Å². The maximum atomic E-state index is 11.6. The summed E-state index contributed by atoms with van der Waals surface area (Å²) in [7, 11) is -1.83. The van der Waals surface area contributed by atoms with Gasteiger partial charge in [-0.2, -0.15) is 0 Å². The van der Waals surface area contributed by atoms with Crippen molar-refractivity contribution in [2.75, 3.05) is 13.6 Å². The standard InChI is InChI=1S/C18H26N4O2S2/c1-4-20-18(22-12-17-10-5-14(2)25-17)21-11-15-6-8-16(9-7-15)13-26(23,24)19-3/h5-10,19H,4,11-13H2,1-3H3,(H2,20,21,22). The van der Waals surface area contributed by atoms with Gasteiger partial charge in [0.2, 0.25) is 10.0 Å². The van der Waals surface area contributed by atoms with Crippen molar-refractivity contribution in [2.24, 2.45) is 4.99 Å². The van der Waals surface area contributed by atoms with E-state index >= 15 is 0 Å².